The van der Waals surface area contributed by atoms with E-state index in [9.17, 15) is 4.79 Å². The summed E-state index contributed by atoms with van der Waals surface area (Å²) >= 11 is 6.02. The van der Waals surface area contributed by atoms with Gasteiger partial charge in [0, 0.05) is 10.6 Å². The molecular weight excluding hydrogens is 444 g/mol. The van der Waals surface area contributed by atoms with Gasteiger partial charge in [-0.3, -0.25) is 0 Å². The van der Waals surface area contributed by atoms with Crippen LogP contribution in [-0.2, 0) is 11.4 Å². The molecule has 0 amide bonds. The van der Waals surface area contributed by atoms with Gasteiger partial charge in [0.25, 0.3) is 0 Å². The van der Waals surface area contributed by atoms with Crippen LogP contribution >= 0.6 is 11.6 Å². The molecule has 0 aliphatic heterocycles. The highest BCUT2D eigenvalue weighted by Gasteiger charge is 2.15. The Bertz CT molecular complexity index is 1190. The standard InChI is InChI=1S/C25H25ClN2O5/c1-15-5-6-16(2)23(11-15)32-14-18-12-17(7-9-21(18)30-3)25(29)33-28-24(27)20-13-19(26)8-10-22(20)31-4/h5-13H,14H2,1-4H3,(H2,27,28). The van der Waals surface area contributed by atoms with Gasteiger partial charge in [0.1, 0.15) is 23.9 Å². The minimum Gasteiger partial charge on any atom is -0.496 e. The van der Waals surface area contributed by atoms with Crippen LogP contribution in [-0.4, -0.2) is 26.0 Å². The topological polar surface area (TPSA) is 92.4 Å². The Balaban J connectivity index is 1.78. The molecule has 0 aliphatic rings. The van der Waals surface area contributed by atoms with Crippen LogP contribution in [0.1, 0.15) is 32.6 Å². The maximum Gasteiger partial charge on any atom is 0.365 e. The molecule has 0 atom stereocenters. The number of benzene rings is 3. The third kappa shape index (κ3) is 5.96. The van der Waals surface area contributed by atoms with Crippen molar-refractivity contribution in [3.8, 4) is 17.2 Å². The maximum absolute atomic E-state index is 12.6. The average molecular weight is 469 g/mol. The first kappa shape index (κ1) is 23.9. The lowest BCUT2D eigenvalue weighted by atomic mass is 10.1. The number of oxime groups is 1. The molecule has 0 aromatic heterocycles. The van der Waals surface area contributed by atoms with Crippen molar-refractivity contribution < 1.29 is 23.8 Å². The van der Waals surface area contributed by atoms with Gasteiger partial charge in [0.15, 0.2) is 5.84 Å². The molecule has 0 aliphatic carbocycles. The van der Waals surface area contributed by atoms with Crippen LogP contribution in [0.25, 0.3) is 0 Å². The fourth-order valence-electron chi connectivity index (χ4n) is 3.11. The van der Waals surface area contributed by atoms with E-state index in [0.29, 0.717) is 27.6 Å². The van der Waals surface area contributed by atoms with Gasteiger partial charge in [0.05, 0.1) is 25.3 Å². The lowest BCUT2D eigenvalue weighted by molar-refractivity contribution is 0.0515. The summed E-state index contributed by atoms with van der Waals surface area (Å²) in [6, 6.07) is 15.7. The van der Waals surface area contributed by atoms with Crippen LogP contribution in [0.3, 0.4) is 0 Å². The summed E-state index contributed by atoms with van der Waals surface area (Å²) in [7, 11) is 3.04. The first-order valence-electron chi connectivity index (χ1n) is 10.1. The number of nitrogens with zero attached hydrogens (tertiary/aromatic N) is 1. The normalized spacial score (nSPS) is 11.1. The maximum atomic E-state index is 12.6. The second kappa shape index (κ2) is 10.7. The number of halogens is 1. The van der Waals surface area contributed by atoms with Gasteiger partial charge in [-0.2, -0.15) is 0 Å². The van der Waals surface area contributed by atoms with Crippen molar-refractivity contribution in [1.82, 2.24) is 0 Å². The predicted octanol–water partition coefficient (Wildman–Crippen LogP) is 5.03. The molecule has 33 heavy (non-hydrogen) atoms. The number of carbonyl (C=O) groups is 1. The van der Waals surface area contributed by atoms with E-state index in [-0.39, 0.29) is 18.0 Å². The minimum atomic E-state index is -0.686. The van der Waals surface area contributed by atoms with Crippen molar-refractivity contribution in [1.29, 1.82) is 0 Å². The fourth-order valence-corrected chi connectivity index (χ4v) is 3.28. The summed E-state index contributed by atoms with van der Waals surface area (Å²) in [4.78, 5) is 17.7. The van der Waals surface area contributed by atoms with Crippen LogP contribution in [0.2, 0.25) is 5.02 Å². The van der Waals surface area contributed by atoms with Crippen LogP contribution in [0.15, 0.2) is 59.8 Å². The van der Waals surface area contributed by atoms with E-state index < -0.39 is 5.97 Å². The summed E-state index contributed by atoms with van der Waals surface area (Å²) in [5.74, 6) is 1.07. The minimum absolute atomic E-state index is 0.0466. The monoisotopic (exact) mass is 468 g/mol. The Morgan fingerprint density at radius 1 is 0.939 bits per heavy atom. The fraction of sp³-hybridized carbons (Fsp3) is 0.200. The Morgan fingerprint density at radius 2 is 1.67 bits per heavy atom. The number of carbonyl (C=O) groups excluding carboxylic acids is 1. The first-order valence-corrected chi connectivity index (χ1v) is 10.5. The third-order valence-corrected chi connectivity index (χ3v) is 5.14. The van der Waals surface area contributed by atoms with Crippen molar-refractivity contribution in [2.24, 2.45) is 10.9 Å². The third-order valence-electron chi connectivity index (χ3n) is 4.91. The molecule has 0 radical (unpaired) electrons. The van der Waals surface area contributed by atoms with E-state index in [0.717, 1.165) is 16.9 Å². The molecule has 3 aromatic rings. The number of hydrogen-bond donors (Lipinski definition) is 1. The number of methoxy groups -OCH3 is 2. The van der Waals surface area contributed by atoms with E-state index in [1.165, 1.54) is 7.11 Å². The lowest BCUT2D eigenvalue weighted by Gasteiger charge is -2.13. The van der Waals surface area contributed by atoms with Crippen LogP contribution in [0, 0.1) is 13.8 Å². The summed E-state index contributed by atoms with van der Waals surface area (Å²) in [6.07, 6.45) is 0. The van der Waals surface area contributed by atoms with E-state index in [4.69, 9.17) is 36.4 Å². The van der Waals surface area contributed by atoms with E-state index >= 15 is 0 Å². The van der Waals surface area contributed by atoms with Gasteiger partial charge in [-0.05, 0) is 67.4 Å². The van der Waals surface area contributed by atoms with E-state index in [1.54, 1.807) is 43.5 Å². The zero-order valence-electron chi connectivity index (χ0n) is 18.8. The number of nitrogens with two attached hydrogens (primary N) is 1. The molecule has 0 spiro atoms. The van der Waals surface area contributed by atoms with Crippen molar-refractivity contribution >= 4 is 23.4 Å². The molecule has 3 rings (SSSR count). The van der Waals surface area contributed by atoms with Crippen molar-refractivity contribution in [2.75, 3.05) is 14.2 Å². The average Bonchev–Trinajstić information content (AvgIpc) is 2.82. The highest BCUT2D eigenvalue weighted by atomic mass is 35.5. The van der Waals surface area contributed by atoms with E-state index in [2.05, 4.69) is 5.16 Å². The molecule has 0 unspecified atom stereocenters. The van der Waals surface area contributed by atoms with Gasteiger partial charge in [0.2, 0.25) is 0 Å². The van der Waals surface area contributed by atoms with Crippen LogP contribution < -0.4 is 19.9 Å². The molecule has 0 saturated carbocycles. The summed E-state index contributed by atoms with van der Waals surface area (Å²) < 4.78 is 16.6. The Hall–Kier alpha value is -3.71. The molecule has 0 heterocycles. The number of aryl methyl sites for hydroxylation is 2. The van der Waals surface area contributed by atoms with Gasteiger partial charge >= 0.3 is 5.97 Å². The molecule has 2 N–H and O–H groups in total. The molecule has 172 valence electrons. The lowest BCUT2D eigenvalue weighted by Crippen LogP contribution is -2.16. The predicted molar refractivity (Wildman–Crippen MR) is 127 cm³/mol. The number of rotatable bonds is 8. The highest BCUT2D eigenvalue weighted by molar-refractivity contribution is 6.31. The molecule has 0 fully saturated rings. The summed E-state index contributed by atoms with van der Waals surface area (Å²) in [5.41, 5.74) is 9.44. The van der Waals surface area contributed by atoms with Gasteiger partial charge in [-0.15, -0.1) is 0 Å². The number of ether oxygens (including phenoxy) is 3. The summed E-state index contributed by atoms with van der Waals surface area (Å²) in [5, 5.41) is 4.19. The highest BCUT2D eigenvalue weighted by Crippen LogP contribution is 2.26. The molecule has 0 saturated heterocycles. The van der Waals surface area contributed by atoms with Gasteiger partial charge in [-0.1, -0.05) is 28.9 Å². The van der Waals surface area contributed by atoms with Crippen molar-refractivity contribution in [3.63, 3.8) is 0 Å². The van der Waals surface area contributed by atoms with Crippen molar-refractivity contribution in [3.05, 3.63) is 87.4 Å². The van der Waals surface area contributed by atoms with Gasteiger partial charge in [-0.25, -0.2) is 4.79 Å². The molecule has 3 aromatic carbocycles. The van der Waals surface area contributed by atoms with Gasteiger partial charge < -0.3 is 24.8 Å². The summed E-state index contributed by atoms with van der Waals surface area (Å²) in [6.45, 7) is 4.17. The quantitative estimate of drug-likeness (QED) is 0.216. The zero-order chi connectivity index (χ0) is 24.0. The molecule has 0 bridgehead atoms. The smallest absolute Gasteiger partial charge is 0.365 e. The number of hydrogen-bond acceptors (Lipinski definition) is 6. The van der Waals surface area contributed by atoms with Crippen LogP contribution in [0.5, 0.6) is 17.2 Å². The first-order chi connectivity index (χ1) is 15.8. The number of amidine groups is 1. The Labute approximate surface area is 197 Å². The van der Waals surface area contributed by atoms with Crippen LogP contribution in [0.4, 0.5) is 0 Å². The molecular formula is C25H25ClN2O5. The molecule has 7 nitrogen and oxygen atoms in total. The Morgan fingerprint density at radius 3 is 2.39 bits per heavy atom. The van der Waals surface area contributed by atoms with E-state index in [1.807, 2.05) is 32.0 Å². The second-order valence-electron chi connectivity index (χ2n) is 7.28. The SMILES string of the molecule is COc1ccc(C(=O)O/N=C(\N)c2cc(Cl)ccc2OC)cc1COc1cc(C)ccc1C. The zero-order valence-corrected chi connectivity index (χ0v) is 19.6. The Kier molecular flexibility index (Phi) is 7.79. The molecule has 8 heteroatoms. The largest absolute Gasteiger partial charge is 0.496 e. The van der Waals surface area contributed by atoms with Crippen molar-refractivity contribution in [2.45, 2.75) is 20.5 Å². The second-order valence-corrected chi connectivity index (χ2v) is 7.72.